The summed E-state index contributed by atoms with van der Waals surface area (Å²) in [6, 6.07) is 7.65. The number of amides is 1. The van der Waals surface area contributed by atoms with Crippen LogP contribution in [0.15, 0.2) is 24.3 Å². The minimum Gasteiger partial charge on any atom is -0.494 e. The zero-order chi connectivity index (χ0) is 15.8. The molecule has 0 radical (unpaired) electrons. The molecule has 1 rings (SSSR count). The number of nitrogens with two attached hydrogens (primary N) is 2. The van der Waals surface area contributed by atoms with E-state index < -0.39 is 0 Å². The molecule has 0 fully saturated rings. The Balaban J connectivity index is 2.35. The van der Waals surface area contributed by atoms with Gasteiger partial charge in [0.2, 0.25) is 5.91 Å². The average molecular weight is 309 g/mol. The molecule has 0 heterocycles. The third kappa shape index (κ3) is 6.55. The van der Waals surface area contributed by atoms with Crippen LogP contribution in [0.4, 0.5) is 0 Å². The fourth-order valence-corrected chi connectivity index (χ4v) is 2.03. The van der Waals surface area contributed by atoms with Gasteiger partial charge in [0, 0.05) is 18.2 Å². The minimum absolute atomic E-state index is 0.278. The Kier molecular flexibility index (Phi) is 7.11. The van der Waals surface area contributed by atoms with E-state index >= 15 is 0 Å². The topological polar surface area (TPSA) is 81.6 Å². The molecular weight excluding hydrogens is 286 g/mol. The summed E-state index contributed by atoms with van der Waals surface area (Å²) >= 11 is 4.89. The van der Waals surface area contributed by atoms with Crippen LogP contribution in [-0.2, 0) is 4.79 Å². The first-order valence-corrected chi connectivity index (χ1v) is 7.36. The lowest BCUT2D eigenvalue weighted by molar-refractivity contribution is -0.119. The quantitative estimate of drug-likeness (QED) is 0.530. The third-order valence-electron chi connectivity index (χ3n) is 3.09. The first-order valence-electron chi connectivity index (χ1n) is 6.95. The summed E-state index contributed by atoms with van der Waals surface area (Å²) in [5, 5.41) is 0. The van der Waals surface area contributed by atoms with Crippen LogP contribution in [0.2, 0.25) is 0 Å². The summed E-state index contributed by atoms with van der Waals surface area (Å²) in [6.45, 7) is 5.71. The Morgan fingerprint density at radius 1 is 1.29 bits per heavy atom. The lowest BCUT2D eigenvalue weighted by Gasteiger charge is -2.24. The molecule has 0 unspecified atom stereocenters. The Bertz CT molecular complexity index is 474. The fourth-order valence-electron chi connectivity index (χ4n) is 1.89. The molecule has 21 heavy (non-hydrogen) atoms. The predicted molar refractivity (Wildman–Crippen MR) is 88.3 cm³/mol. The van der Waals surface area contributed by atoms with Crippen LogP contribution >= 0.6 is 12.2 Å². The van der Waals surface area contributed by atoms with E-state index in [1.54, 1.807) is 0 Å². The summed E-state index contributed by atoms with van der Waals surface area (Å²) in [6.07, 6.45) is 0.822. The number of hydrogen-bond acceptors (Lipinski definition) is 4. The summed E-state index contributed by atoms with van der Waals surface area (Å²) < 4.78 is 5.65. The van der Waals surface area contributed by atoms with Crippen molar-refractivity contribution in [3.8, 4) is 5.75 Å². The van der Waals surface area contributed by atoms with Gasteiger partial charge in [0.15, 0.2) is 0 Å². The maximum atomic E-state index is 11.0. The number of primary amides is 1. The molecule has 6 heteroatoms. The number of benzene rings is 1. The first kappa shape index (κ1) is 17.4. The van der Waals surface area contributed by atoms with Gasteiger partial charge in [-0.1, -0.05) is 12.2 Å². The van der Waals surface area contributed by atoms with Crippen LogP contribution in [0.3, 0.4) is 0 Å². The van der Waals surface area contributed by atoms with Gasteiger partial charge in [-0.25, -0.2) is 0 Å². The molecule has 1 aromatic rings. The van der Waals surface area contributed by atoms with Crippen molar-refractivity contribution in [3.05, 3.63) is 29.8 Å². The number of rotatable bonds is 9. The second-order valence-corrected chi connectivity index (χ2v) is 5.56. The molecule has 0 bridgehead atoms. The van der Waals surface area contributed by atoms with Gasteiger partial charge in [-0.2, -0.15) is 0 Å². The van der Waals surface area contributed by atoms with Crippen LogP contribution in [0.1, 0.15) is 25.8 Å². The largest absolute Gasteiger partial charge is 0.494 e. The molecule has 1 amide bonds. The minimum atomic E-state index is -0.307. The van der Waals surface area contributed by atoms with E-state index in [2.05, 4.69) is 0 Å². The van der Waals surface area contributed by atoms with Crippen LogP contribution < -0.4 is 16.2 Å². The van der Waals surface area contributed by atoms with Crippen molar-refractivity contribution in [2.45, 2.75) is 26.3 Å². The number of carbonyl (C=O) groups is 1. The predicted octanol–water partition coefficient (Wildman–Crippen LogP) is 1.29. The molecule has 1 aromatic carbocycles. The number of thiocarbonyl (C=S) groups is 1. The van der Waals surface area contributed by atoms with Crippen molar-refractivity contribution in [2.24, 2.45) is 11.5 Å². The maximum absolute atomic E-state index is 11.0. The van der Waals surface area contributed by atoms with Gasteiger partial charge < -0.3 is 16.2 Å². The molecule has 0 aliphatic heterocycles. The van der Waals surface area contributed by atoms with Gasteiger partial charge in [0.1, 0.15) is 10.7 Å². The normalized spacial score (nSPS) is 10.9. The zero-order valence-electron chi connectivity index (χ0n) is 12.5. The van der Waals surface area contributed by atoms with Gasteiger partial charge in [0.25, 0.3) is 0 Å². The Hall–Kier alpha value is -1.66. The van der Waals surface area contributed by atoms with Gasteiger partial charge in [-0.05, 0) is 44.5 Å². The third-order valence-corrected chi connectivity index (χ3v) is 3.32. The zero-order valence-corrected chi connectivity index (χ0v) is 13.4. The first-order chi connectivity index (χ1) is 9.90. The van der Waals surface area contributed by atoms with E-state index in [4.69, 9.17) is 28.4 Å². The van der Waals surface area contributed by atoms with Crippen molar-refractivity contribution < 1.29 is 9.53 Å². The molecule has 0 aromatic heterocycles. The number of carbonyl (C=O) groups excluding carboxylic acids is 1. The highest BCUT2D eigenvalue weighted by atomic mass is 32.1. The monoisotopic (exact) mass is 309 g/mol. The molecule has 4 N–H and O–H groups in total. The lowest BCUT2D eigenvalue weighted by Crippen LogP contribution is -2.39. The molecule has 0 saturated heterocycles. The molecule has 0 saturated carbocycles. The highest BCUT2D eigenvalue weighted by molar-refractivity contribution is 7.80. The van der Waals surface area contributed by atoms with Crippen molar-refractivity contribution in [1.82, 2.24) is 4.90 Å². The lowest BCUT2D eigenvalue weighted by atomic mass is 10.2. The second-order valence-electron chi connectivity index (χ2n) is 5.12. The summed E-state index contributed by atoms with van der Waals surface area (Å²) in [5.41, 5.74) is 11.6. The van der Waals surface area contributed by atoms with E-state index in [0.717, 1.165) is 24.3 Å². The smallest absolute Gasteiger partial charge is 0.231 e. The molecule has 0 aliphatic carbocycles. The molecule has 5 nitrogen and oxygen atoms in total. The Labute approximate surface area is 131 Å². The van der Waals surface area contributed by atoms with E-state index in [0.29, 0.717) is 11.6 Å². The van der Waals surface area contributed by atoms with Gasteiger partial charge in [-0.3, -0.25) is 9.69 Å². The van der Waals surface area contributed by atoms with Crippen LogP contribution in [0, 0.1) is 0 Å². The molecule has 116 valence electrons. The van der Waals surface area contributed by atoms with E-state index in [1.165, 1.54) is 0 Å². The highest BCUT2D eigenvalue weighted by Gasteiger charge is 2.11. The molecule has 0 spiro atoms. The van der Waals surface area contributed by atoms with Crippen molar-refractivity contribution in [1.29, 1.82) is 0 Å². The van der Waals surface area contributed by atoms with Gasteiger partial charge in [0.05, 0.1) is 13.2 Å². The average Bonchev–Trinajstić information content (AvgIpc) is 2.42. The molecule has 0 atom stereocenters. The number of ether oxygens (including phenoxy) is 1. The van der Waals surface area contributed by atoms with Crippen molar-refractivity contribution in [2.75, 3.05) is 19.7 Å². The number of nitrogens with zero attached hydrogens (tertiary/aromatic N) is 1. The standard InChI is InChI=1S/C15H23N3O2S/c1-11(2)18(10-14(16)19)8-3-9-20-13-6-4-12(5-7-13)15(17)21/h4-7,11H,3,8-10H2,1-2H3,(H2,16,19)(H2,17,21). The Morgan fingerprint density at radius 2 is 1.90 bits per heavy atom. The summed E-state index contributed by atoms with van der Waals surface area (Å²) in [5.74, 6) is 0.471. The molecule has 0 aliphatic rings. The van der Waals surface area contributed by atoms with E-state index in [-0.39, 0.29) is 18.5 Å². The van der Waals surface area contributed by atoms with Crippen LogP contribution in [-0.4, -0.2) is 41.5 Å². The van der Waals surface area contributed by atoms with Crippen LogP contribution in [0.25, 0.3) is 0 Å². The Morgan fingerprint density at radius 3 is 2.38 bits per heavy atom. The van der Waals surface area contributed by atoms with Gasteiger partial charge in [-0.15, -0.1) is 0 Å². The second kappa shape index (κ2) is 8.59. The SMILES string of the molecule is CC(C)N(CCCOc1ccc(C(N)=S)cc1)CC(N)=O. The van der Waals surface area contributed by atoms with Crippen molar-refractivity contribution in [3.63, 3.8) is 0 Å². The fraction of sp³-hybridized carbons (Fsp3) is 0.467. The van der Waals surface area contributed by atoms with E-state index in [1.807, 2.05) is 43.0 Å². The highest BCUT2D eigenvalue weighted by Crippen LogP contribution is 2.12. The van der Waals surface area contributed by atoms with Gasteiger partial charge >= 0.3 is 0 Å². The summed E-state index contributed by atoms with van der Waals surface area (Å²) in [7, 11) is 0. The number of hydrogen-bond donors (Lipinski definition) is 2. The van der Waals surface area contributed by atoms with Crippen molar-refractivity contribution >= 4 is 23.1 Å². The maximum Gasteiger partial charge on any atom is 0.231 e. The van der Waals surface area contributed by atoms with E-state index in [9.17, 15) is 4.79 Å². The van der Waals surface area contributed by atoms with Crippen LogP contribution in [0.5, 0.6) is 5.75 Å². The summed E-state index contributed by atoms with van der Waals surface area (Å²) in [4.78, 5) is 13.4. The molecular formula is C15H23N3O2S.